The first-order chi connectivity index (χ1) is 11.4. The summed E-state index contributed by atoms with van der Waals surface area (Å²) in [6, 6.07) is 5.77. The summed E-state index contributed by atoms with van der Waals surface area (Å²) in [5.41, 5.74) is 0.910. The van der Waals surface area contributed by atoms with Crippen LogP contribution in [0.1, 0.15) is 18.4 Å². The summed E-state index contributed by atoms with van der Waals surface area (Å²) in [7, 11) is -3.87. The predicted octanol–water partition coefficient (Wildman–Crippen LogP) is 1.24. The lowest BCUT2D eigenvalue weighted by atomic mass is 10.2. The highest BCUT2D eigenvalue weighted by Gasteiger charge is 2.31. The Morgan fingerprint density at radius 3 is 2.29 bits per heavy atom. The van der Waals surface area contributed by atoms with Gasteiger partial charge < -0.3 is 0 Å². The number of nitrogens with zero attached hydrogens (tertiary/aromatic N) is 3. The molecule has 0 bridgehead atoms. The molecule has 1 aliphatic rings. The zero-order valence-electron chi connectivity index (χ0n) is 12.8. The molecule has 3 rings (SSSR count). The molecular formula is C15H14N4O4S. The van der Waals surface area contributed by atoms with Gasteiger partial charge in [-0.3, -0.25) is 14.5 Å². The molecule has 124 valence electrons. The molecule has 1 aromatic carbocycles. The highest BCUT2D eigenvalue weighted by atomic mass is 32.2. The highest BCUT2D eigenvalue weighted by Crippen LogP contribution is 2.28. The minimum atomic E-state index is -3.87. The van der Waals surface area contributed by atoms with Crippen molar-refractivity contribution in [3.63, 3.8) is 0 Å². The SMILES string of the molecule is Cc1cc(S(=O)(=O)Nc2ncccn2)ccc1N1C(=O)CCC1=O. The summed E-state index contributed by atoms with van der Waals surface area (Å²) in [5, 5.41) is 0. The third kappa shape index (κ3) is 2.98. The molecule has 0 atom stereocenters. The Hall–Kier alpha value is -2.81. The van der Waals surface area contributed by atoms with Gasteiger partial charge in [0.25, 0.3) is 10.0 Å². The Kier molecular flexibility index (Phi) is 4.02. The van der Waals surface area contributed by atoms with E-state index in [2.05, 4.69) is 14.7 Å². The maximum atomic E-state index is 12.4. The van der Waals surface area contributed by atoms with E-state index in [0.29, 0.717) is 11.3 Å². The molecule has 0 aliphatic carbocycles. The van der Waals surface area contributed by atoms with Gasteiger partial charge in [-0.2, -0.15) is 0 Å². The summed E-state index contributed by atoms with van der Waals surface area (Å²) >= 11 is 0. The summed E-state index contributed by atoms with van der Waals surface area (Å²) in [5.74, 6) is -0.604. The minimum absolute atomic E-state index is 0.00435. The monoisotopic (exact) mass is 346 g/mol. The van der Waals surface area contributed by atoms with Crippen molar-refractivity contribution in [1.82, 2.24) is 9.97 Å². The van der Waals surface area contributed by atoms with Gasteiger partial charge in [-0.1, -0.05) is 0 Å². The Morgan fingerprint density at radius 2 is 1.71 bits per heavy atom. The lowest BCUT2D eigenvalue weighted by Crippen LogP contribution is -2.29. The van der Waals surface area contributed by atoms with Crippen LogP contribution in [0.25, 0.3) is 0 Å². The van der Waals surface area contributed by atoms with Gasteiger partial charge in [-0.15, -0.1) is 0 Å². The fourth-order valence-corrected chi connectivity index (χ4v) is 3.46. The normalized spacial score (nSPS) is 15.0. The zero-order chi connectivity index (χ0) is 17.3. The van der Waals surface area contributed by atoms with Crippen LogP contribution in [-0.4, -0.2) is 30.2 Å². The largest absolute Gasteiger partial charge is 0.274 e. The molecule has 1 fully saturated rings. The first kappa shape index (κ1) is 16.1. The van der Waals surface area contributed by atoms with Gasteiger partial charge in [-0.05, 0) is 36.8 Å². The number of rotatable bonds is 4. The van der Waals surface area contributed by atoms with Gasteiger partial charge in [-0.25, -0.2) is 23.1 Å². The number of benzene rings is 1. The third-order valence-corrected chi connectivity index (χ3v) is 4.89. The van der Waals surface area contributed by atoms with Crippen LogP contribution < -0.4 is 9.62 Å². The van der Waals surface area contributed by atoms with Gasteiger partial charge in [0, 0.05) is 25.2 Å². The molecule has 1 aliphatic heterocycles. The fourth-order valence-electron chi connectivity index (χ4n) is 2.42. The second-order valence-electron chi connectivity index (χ2n) is 5.25. The molecule has 2 aromatic rings. The van der Waals surface area contributed by atoms with Gasteiger partial charge >= 0.3 is 0 Å². The molecule has 9 heteroatoms. The van der Waals surface area contributed by atoms with E-state index in [1.54, 1.807) is 13.0 Å². The molecule has 2 heterocycles. The number of nitrogens with one attached hydrogen (secondary N) is 1. The van der Waals surface area contributed by atoms with Crippen LogP contribution in [-0.2, 0) is 19.6 Å². The lowest BCUT2D eigenvalue weighted by Gasteiger charge is -2.17. The molecule has 0 radical (unpaired) electrons. The number of hydrogen-bond acceptors (Lipinski definition) is 6. The zero-order valence-corrected chi connectivity index (χ0v) is 13.6. The number of imide groups is 1. The maximum absolute atomic E-state index is 12.4. The van der Waals surface area contributed by atoms with E-state index < -0.39 is 10.0 Å². The number of amides is 2. The van der Waals surface area contributed by atoms with E-state index >= 15 is 0 Å². The fraction of sp³-hybridized carbons (Fsp3) is 0.200. The van der Waals surface area contributed by atoms with Crippen molar-refractivity contribution in [2.75, 3.05) is 9.62 Å². The summed E-state index contributed by atoms with van der Waals surface area (Å²) in [4.78, 5) is 32.4. The number of sulfonamides is 1. The Labute approximate surface area is 138 Å². The van der Waals surface area contributed by atoms with Crippen molar-refractivity contribution in [2.24, 2.45) is 0 Å². The highest BCUT2D eigenvalue weighted by molar-refractivity contribution is 7.92. The molecule has 0 spiro atoms. The van der Waals surface area contributed by atoms with Crippen LogP contribution in [0, 0.1) is 6.92 Å². The molecule has 0 saturated carbocycles. The van der Waals surface area contributed by atoms with Gasteiger partial charge in [0.2, 0.25) is 17.8 Å². The Balaban J connectivity index is 1.92. The van der Waals surface area contributed by atoms with E-state index in [9.17, 15) is 18.0 Å². The van der Waals surface area contributed by atoms with Crippen LogP contribution in [0.5, 0.6) is 0 Å². The van der Waals surface area contributed by atoms with Crippen molar-refractivity contribution in [1.29, 1.82) is 0 Å². The van der Waals surface area contributed by atoms with Crippen LogP contribution in [0.3, 0.4) is 0 Å². The Morgan fingerprint density at radius 1 is 1.08 bits per heavy atom. The number of aryl methyl sites for hydroxylation is 1. The number of aromatic nitrogens is 2. The molecule has 1 N–H and O–H groups in total. The van der Waals surface area contributed by atoms with Crippen LogP contribution in [0.2, 0.25) is 0 Å². The predicted molar refractivity (Wildman–Crippen MR) is 85.7 cm³/mol. The smallest absolute Gasteiger partial charge is 0.264 e. The van der Waals surface area contributed by atoms with Crippen molar-refractivity contribution < 1.29 is 18.0 Å². The standard InChI is InChI=1S/C15H14N4O4S/c1-10-9-11(24(22,23)18-15-16-7-2-8-17-15)3-4-12(10)19-13(20)5-6-14(19)21/h2-4,7-9H,5-6H2,1H3,(H,16,17,18). The minimum Gasteiger partial charge on any atom is -0.274 e. The average molecular weight is 346 g/mol. The average Bonchev–Trinajstić information content (AvgIpc) is 2.87. The number of carbonyl (C=O) groups is 2. The van der Waals surface area contributed by atoms with Crippen molar-refractivity contribution in [2.45, 2.75) is 24.7 Å². The second kappa shape index (κ2) is 6.00. The third-order valence-electron chi connectivity index (χ3n) is 3.56. The number of hydrogen-bond donors (Lipinski definition) is 1. The van der Waals surface area contributed by atoms with E-state index in [-0.39, 0.29) is 35.5 Å². The van der Waals surface area contributed by atoms with Crippen molar-refractivity contribution in [3.05, 3.63) is 42.2 Å². The topological polar surface area (TPSA) is 109 Å². The molecule has 8 nitrogen and oxygen atoms in total. The van der Waals surface area contributed by atoms with E-state index in [0.717, 1.165) is 4.90 Å². The second-order valence-corrected chi connectivity index (χ2v) is 6.93. The van der Waals surface area contributed by atoms with Gasteiger partial charge in [0.05, 0.1) is 10.6 Å². The summed E-state index contributed by atoms with van der Waals surface area (Å²) in [6.07, 6.45) is 3.18. The van der Waals surface area contributed by atoms with Crippen LogP contribution in [0.4, 0.5) is 11.6 Å². The summed E-state index contributed by atoms with van der Waals surface area (Å²) in [6.45, 7) is 1.65. The molecular weight excluding hydrogens is 332 g/mol. The van der Waals surface area contributed by atoms with E-state index in [1.807, 2.05) is 0 Å². The summed E-state index contributed by atoms with van der Waals surface area (Å²) < 4.78 is 27.0. The molecule has 1 aromatic heterocycles. The van der Waals surface area contributed by atoms with Gasteiger partial charge in [0.1, 0.15) is 0 Å². The quantitative estimate of drug-likeness (QED) is 0.834. The van der Waals surface area contributed by atoms with E-state index in [1.165, 1.54) is 30.6 Å². The number of carbonyl (C=O) groups excluding carboxylic acids is 2. The molecule has 24 heavy (non-hydrogen) atoms. The van der Waals surface area contributed by atoms with Gasteiger partial charge in [0.15, 0.2) is 0 Å². The maximum Gasteiger partial charge on any atom is 0.264 e. The first-order valence-corrected chi connectivity index (χ1v) is 8.63. The molecule has 0 unspecified atom stereocenters. The van der Waals surface area contributed by atoms with E-state index in [4.69, 9.17) is 0 Å². The van der Waals surface area contributed by atoms with Crippen molar-refractivity contribution >= 4 is 33.5 Å². The van der Waals surface area contributed by atoms with Crippen molar-refractivity contribution in [3.8, 4) is 0 Å². The first-order valence-electron chi connectivity index (χ1n) is 7.15. The number of anilines is 2. The van der Waals surface area contributed by atoms with Crippen LogP contribution >= 0.6 is 0 Å². The van der Waals surface area contributed by atoms with Crippen LogP contribution in [0.15, 0.2) is 41.6 Å². The lowest BCUT2D eigenvalue weighted by molar-refractivity contribution is -0.121. The molecule has 1 saturated heterocycles. The Bertz CT molecular complexity index is 896. The molecule has 2 amide bonds.